The minimum atomic E-state index is 0. The third-order valence-electron chi connectivity index (χ3n) is 5.28. The molecule has 0 bridgehead atoms. The van der Waals surface area contributed by atoms with E-state index < -0.39 is 0 Å². The Morgan fingerprint density at radius 3 is 2.36 bits per heavy atom. The van der Waals surface area contributed by atoms with Crippen molar-refractivity contribution < 1.29 is 9.59 Å². The summed E-state index contributed by atoms with van der Waals surface area (Å²) in [6, 6.07) is 17.2. The maximum Gasteiger partial charge on any atom is 0.231 e. The zero-order valence-electron chi connectivity index (χ0n) is 16.1. The molecule has 0 unspecified atom stereocenters. The molecule has 0 heterocycles. The molecular formula is C22H28ClN3O2. The van der Waals surface area contributed by atoms with Gasteiger partial charge in [0.05, 0.1) is 6.42 Å². The minimum absolute atomic E-state index is 0. The molecule has 2 aromatic carbocycles. The number of anilines is 2. The first-order valence-corrected chi connectivity index (χ1v) is 9.49. The summed E-state index contributed by atoms with van der Waals surface area (Å²) in [7, 11) is 1.78. The Morgan fingerprint density at radius 2 is 1.75 bits per heavy atom. The summed E-state index contributed by atoms with van der Waals surface area (Å²) >= 11 is 0. The molecule has 0 aliphatic heterocycles. The number of nitrogens with zero attached hydrogens (tertiary/aromatic N) is 1. The van der Waals surface area contributed by atoms with Gasteiger partial charge in [-0.25, -0.2) is 0 Å². The normalized spacial score (nSPS) is 18.2. The van der Waals surface area contributed by atoms with Gasteiger partial charge in [-0.05, 0) is 48.6 Å². The van der Waals surface area contributed by atoms with Gasteiger partial charge in [0, 0.05) is 30.9 Å². The molecule has 0 aromatic heterocycles. The number of halogens is 1. The fourth-order valence-electron chi connectivity index (χ4n) is 3.56. The van der Waals surface area contributed by atoms with Gasteiger partial charge >= 0.3 is 0 Å². The van der Waals surface area contributed by atoms with Gasteiger partial charge in [-0.15, -0.1) is 12.4 Å². The van der Waals surface area contributed by atoms with Crippen LogP contribution in [0.4, 0.5) is 11.4 Å². The number of hydrogen-bond donors (Lipinski definition) is 2. The highest BCUT2D eigenvalue weighted by atomic mass is 35.5. The first-order chi connectivity index (χ1) is 13.0. The maximum atomic E-state index is 12.4. The molecule has 28 heavy (non-hydrogen) atoms. The molecule has 2 amide bonds. The molecule has 6 heteroatoms. The summed E-state index contributed by atoms with van der Waals surface area (Å²) in [5.41, 5.74) is 8.57. The van der Waals surface area contributed by atoms with E-state index in [-0.39, 0.29) is 36.2 Å². The van der Waals surface area contributed by atoms with Crippen molar-refractivity contribution in [2.75, 3.05) is 17.3 Å². The van der Waals surface area contributed by atoms with Gasteiger partial charge in [-0.3, -0.25) is 9.59 Å². The summed E-state index contributed by atoms with van der Waals surface area (Å²) in [5, 5.41) is 2.93. The largest absolute Gasteiger partial charge is 0.327 e. The van der Waals surface area contributed by atoms with Crippen LogP contribution in [-0.2, 0) is 16.0 Å². The Labute approximate surface area is 172 Å². The van der Waals surface area contributed by atoms with Gasteiger partial charge in [0.2, 0.25) is 11.8 Å². The molecule has 2 aromatic rings. The highest BCUT2D eigenvalue weighted by Gasteiger charge is 2.26. The number of amides is 2. The van der Waals surface area contributed by atoms with Crippen molar-refractivity contribution in [1.82, 2.24) is 0 Å². The topological polar surface area (TPSA) is 75.4 Å². The lowest BCUT2D eigenvalue weighted by Gasteiger charge is -2.17. The second kappa shape index (κ2) is 10.2. The van der Waals surface area contributed by atoms with Crippen molar-refractivity contribution in [3.63, 3.8) is 0 Å². The van der Waals surface area contributed by atoms with Crippen LogP contribution in [0.1, 0.15) is 31.2 Å². The summed E-state index contributed by atoms with van der Waals surface area (Å²) < 4.78 is 0. The molecule has 0 saturated heterocycles. The maximum absolute atomic E-state index is 12.4. The molecule has 1 fully saturated rings. The van der Waals surface area contributed by atoms with Crippen LogP contribution >= 0.6 is 12.4 Å². The quantitative estimate of drug-likeness (QED) is 0.773. The molecular weight excluding hydrogens is 374 g/mol. The second-order valence-electron chi connectivity index (χ2n) is 7.27. The van der Waals surface area contributed by atoms with Crippen LogP contribution in [-0.4, -0.2) is 24.9 Å². The van der Waals surface area contributed by atoms with Gasteiger partial charge in [0.25, 0.3) is 0 Å². The van der Waals surface area contributed by atoms with Gasteiger partial charge in [0.15, 0.2) is 0 Å². The van der Waals surface area contributed by atoms with E-state index in [1.165, 1.54) is 0 Å². The summed E-state index contributed by atoms with van der Waals surface area (Å²) in [6.07, 6.45) is 3.95. The first-order valence-electron chi connectivity index (χ1n) is 9.49. The van der Waals surface area contributed by atoms with Crippen molar-refractivity contribution >= 4 is 35.6 Å². The number of likely N-dealkylation sites (N-methyl/N-ethyl adjacent to an activating group) is 1. The van der Waals surface area contributed by atoms with E-state index in [4.69, 9.17) is 5.73 Å². The average molecular weight is 402 g/mol. The molecule has 150 valence electrons. The number of hydrogen-bond acceptors (Lipinski definition) is 3. The van der Waals surface area contributed by atoms with Crippen LogP contribution < -0.4 is 16.0 Å². The van der Waals surface area contributed by atoms with Crippen molar-refractivity contribution in [1.29, 1.82) is 0 Å². The molecule has 0 spiro atoms. The average Bonchev–Trinajstić information content (AvgIpc) is 3.08. The summed E-state index contributed by atoms with van der Waals surface area (Å²) in [4.78, 5) is 26.3. The van der Waals surface area contributed by atoms with Crippen molar-refractivity contribution in [2.45, 2.75) is 38.1 Å². The van der Waals surface area contributed by atoms with Crippen LogP contribution in [0.15, 0.2) is 54.6 Å². The van der Waals surface area contributed by atoms with E-state index in [9.17, 15) is 9.59 Å². The van der Waals surface area contributed by atoms with Crippen LogP contribution in [0.2, 0.25) is 0 Å². The molecule has 2 atom stereocenters. The lowest BCUT2D eigenvalue weighted by atomic mass is 10.00. The van der Waals surface area contributed by atoms with E-state index in [0.717, 1.165) is 36.2 Å². The van der Waals surface area contributed by atoms with Gasteiger partial charge in [0.1, 0.15) is 0 Å². The standard InChI is InChI=1S/C22H27N3O2.ClH/c1-25(19-7-3-2-4-8-19)22(27)14-16-10-12-18(13-11-16)24-21(26)15-17-6-5-9-20(17)23;/h2-4,7-8,10-13,17,20H,5-6,9,14-15,23H2,1H3,(H,24,26);1H/t17-,20+;/m0./s1. The Kier molecular flexibility index (Phi) is 8.03. The lowest BCUT2D eigenvalue weighted by molar-refractivity contribution is -0.118. The Hall–Kier alpha value is -2.37. The zero-order chi connectivity index (χ0) is 19.2. The number of para-hydroxylation sites is 1. The van der Waals surface area contributed by atoms with Crippen LogP contribution in [0.5, 0.6) is 0 Å². The first kappa shape index (κ1) is 21.9. The fourth-order valence-corrected chi connectivity index (χ4v) is 3.56. The van der Waals surface area contributed by atoms with E-state index in [1.54, 1.807) is 11.9 Å². The number of rotatable bonds is 6. The van der Waals surface area contributed by atoms with E-state index >= 15 is 0 Å². The summed E-state index contributed by atoms with van der Waals surface area (Å²) in [5.74, 6) is 0.314. The third-order valence-corrected chi connectivity index (χ3v) is 5.28. The monoisotopic (exact) mass is 401 g/mol. The third kappa shape index (κ3) is 5.81. The Balaban J connectivity index is 0.00000280. The van der Waals surface area contributed by atoms with Gasteiger partial charge < -0.3 is 16.0 Å². The number of carbonyl (C=O) groups is 2. The molecule has 0 radical (unpaired) electrons. The number of benzene rings is 2. The number of nitrogens with two attached hydrogens (primary N) is 1. The van der Waals surface area contributed by atoms with Crippen LogP contribution in [0.25, 0.3) is 0 Å². The Bertz CT molecular complexity index is 780. The van der Waals surface area contributed by atoms with Crippen molar-refractivity contribution in [3.8, 4) is 0 Å². The molecule has 1 aliphatic carbocycles. The Morgan fingerprint density at radius 1 is 1.07 bits per heavy atom. The van der Waals surface area contributed by atoms with Gasteiger partial charge in [-0.1, -0.05) is 36.8 Å². The molecule has 5 nitrogen and oxygen atoms in total. The predicted molar refractivity (Wildman–Crippen MR) is 116 cm³/mol. The van der Waals surface area contributed by atoms with E-state index in [2.05, 4.69) is 5.32 Å². The van der Waals surface area contributed by atoms with E-state index in [0.29, 0.717) is 12.8 Å². The predicted octanol–water partition coefficient (Wildman–Crippen LogP) is 3.77. The second-order valence-corrected chi connectivity index (χ2v) is 7.27. The van der Waals surface area contributed by atoms with Crippen molar-refractivity contribution in [3.05, 3.63) is 60.2 Å². The highest BCUT2D eigenvalue weighted by Crippen LogP contribution is 2.27. The molecule has 3 rings (SSSR count). The molecule has 3 N–H and O–H groups in total. The van der Waals surface area contributed by atoms with Gasteiger partial charge in [-0.2, -0.15) is 0 Å². The van der Waals surface area contributed by atoms with Crippen LogP contribution in [0.3, 0.4) is 0 Å². The summed E-state index contributed by atoms with van der Waals surface area (Å²) in [6.45, 7) is 0. The number of carbonyl (C=O) groups excluding carboxylic acids is 2. The molecule has 1 aliphatic rings. The SMILES string of the molecule is CN(C(=O)Cc1ccc(NC(=O)C[C@@H]2CCC[C@H]2N)cc1)c1ccccc1.Cl. The highest BCUT2D eigenvalue weighted by molar-refractivity contribution is 5.94. The lowest BCUT2D eigenvalue weighted by Crippen LogP contribution is -2.28. The van der Waals surface area contributed by atoms with Crippen molar-refractivity contribution in [2.24, 2.45) is 11.7 Å². The van der Waals surface area contributed by atoms with Crippen LogP contribution in [0, 0.1) is 5.92 Å². The minimum Gasteiger partial charge on any atom is -0.327 e. The smallest absolute Gasteiger partial charge is 0.231 e. The van der Waals surface area contributed by atoms with E-state index in [1.807, 2.05) is 54.6 Å². The zero-order valence-corrected chi connectivity index (χ0v) is 17.0. The molecule has 1 saturated carbocycles. The number of nitrogens with one attached hydrogen (secondary N) is 1. The fraction of sp³-hybridized carbons (Fsp3) is 0.364.